The van der Waals surface area contributed by atoms with Crippen LogP contribution in [-0.4, -0.2) is 33.8 Å². The number of amides is 1. The predicted octanol–water partition coefficient (Wildman–Crippen LogP) is 3.75. The van der Waals surface area contributed by atoms with Crippen molar-refractivity contribution >= 4 is 6.09 Å². The normalized spacial score (nSPS) is 14.0. The van der Waals surface area contributed by atoms with Gasteiger partial charge in [-0.05, 0) is 39.7 Å². The molecule has 4 nitrogen and oxygen atoms in total. The highest BCUT2D eigenvalue weighted by Crippen LogP contribution is 2.18. The average Bonchev–Trinajstić information content (AvgIpc) is 2.43. The van der Waals surface area contributed by atoms with E-state index < -0.39 is 17.8 Å². The third-order valence-electron chi connectivity index (χ3n) is 3.28. The fourth-order valence-electron chi connectivity index (χ4n) is 2.05. The van der Waals surface area contributed by atoms with E-state index in [2.05, 4.69) is 6.58 Å². The van der Waals surface area contributed by atoms with Gasteiger partial charge in [-0.1, -0.05) is 36.4 Å². The zero-order valence-corrected chi connectivity index (χ0v) is 14.0. The van der Waals surface area contributed by atoms with E-state index in [1.165, 1.54) is 0 Å². The van der Waals surface area contributed by atoms with Crippen LogP contribution in [0.5, 0.6) is 0 Å². The molecule has 1 aromatic carbocycles. The molecule has 0 unspecified atom stereocenters. The molecule has 0 aromatic heterocycles. The second-order valence-electron chi connectivity index (χ2n) is 6.43. The molecule has 4 heteroatoms. The maximum Gasteiger partial charge on any atom is 0.410 e. The number of rotatable bonds is 6. The summed E-state index contributed by atoms with van der Waals surface area (Å²) in [5, 5.41) is 10.2. The Balaban J connectivity index is 2.93. The van der Waals surface area contributed by atoms with Crippen LogP contribution in [-0.2, 0) is 11.3 Å². The molecule has 0 heterocycles. The van der Waals surface area contributed by atoms with Crippen molar-refractivity contribution < 1.29 is 14.6 Å². The van der Waals surface area contributed by atoms with Gasteiger partial charge in [0.1, 0.15) is 5.60 Å². The lowest BCUT2D eigenvalue weighted by atomic mass is 10.1. The Labute approximate surface area is 133 Å². The van der Waals surface area contributed by atoms with Gasteiger partial charge in [0, 0.05) is 6.54 Å². The standard InChI is InChI=1S/C18H27NO3/c1-6-10-16(20)14(2)19(17(21)22-18(3,4)5)13-15-11-8-7-9-12-15/h6-9,11-12,14,16,20H,1,10,13H2,2-5H3/t14-,16-/m0/s1. The molecule has 1 amide bonds. The molecule has 0 saturated heterocycles. The summed E-state index contributed by atoms with van der Waals surface area (Å²) in [4.78, 5) is 14.0. The number of carbonyl (C=O) groups is 1. The molecule has 0 aliphatic carbocycles. The molecule has 22 heavy (non-hydrogen) atoms. The minimum absolute atomic E-state index is 0.368. The van der Waals surface area contributed by atoms with E-state index in [-0.39, 0.29) is 6.04 Å². The number of ether oxygens (including phenoxy) is 1. The molecular formula is C18H27NO3. The van der Waals surface area contributed by atoms with Crippen molar-refractivity contribution in [3.8, 4) is 0 Å². The van der Waals surface area contributed by atoms with Crippen LogP contribution >= 0.6 is 0 Å². The zero-order chi connectivity index (χ0) is 16.8. The first-order valence-corrected chi connectivity index (χ1v) is 7.57. The van der Waals surface area contributed by atoms with E-state index in [0.29, 0.717) is 13.0 Å². The lowest BCUT2D eigenvalue weighted by Crippen LogP contribution is -2.46. The Morgan fingerprint density at radius 3 is 2.45 bits per heavy atom. The largest absolute Gasteiger partial charge is 0.444 e. The van der Waals surface area contributed by atoms with Gasteiger partial charge < -0.3 is 9.84 Å². The second kappa shape index (κ2) is 7.99. The molecule has 0 bridgehead atoms. The molecule has 2 atom stereocenters. The first kappa shape index (κ1) is 18.2. The minimum atomic E-state index is -0.672. The third-order valence-corrected chi connectivity index (χ3v) is 3.28. The Morgan fingerprint density at radius 1 is 1.36 bits per heavy atom. The SMILES string of the molecule is C=CC[C@H](O)[C@H](C)N(Cc1ccccc1)C(=O)OC(C)(C)C. The van der Waals surface area contributed by atoms with Gasteiger partial charge in [0.05, 0.1) is 12.1 Å². The van der Waals surface area contributed by atoms with E-state index in [1.54, 1.807) is 11.0 Å². The Bertz CT molecular complexity index is 479. The van der Waals surface area contributed by atoms with Gasteiger partial charge in [-0.2, -0.15) is 0 Å². The maximum atomic E-state index is 12.5. The van der Waals surface area contributed by atoms with Gasteiger partial charge in [-0.25, -0.2) is 4.79 Å². The summed E-state index contributed by atoms with van der Waals surface area (Å²) in [7, 11) is 0. The van der Waals surface area contributed by atoms with Crippen LogP contribution in [0.25, 0.3) is 0 Å². The number of carbonyl (C=O) groups excluding carboxylic acids is 1. The zero-order valence-electron chi connectivity index (χ0n) is 14.0. The lowest BCUT2D eigenvalue weighted by molar-refractivity contribution is -0.00431. The molecule has 0 radical (unpaired) electrons. The van der Waals surface area contributed by atoms with Crippen LogP contribution in [0.2, 0.25) is 0 Å². The number of nitrogens with zero attached hydrogens (tertiary/aromatic N) is 1. The number of hydrogen-bond acceptors (Lipinski definition) is 3. The topological polar surface area (TPSA) is 49.8 Å². The van der Waals surface area contributed by atoms with Gasteiger partial charge in [0.25, 0.3) is 0 Å². The first-order valence-electron chi connectivity index (χ1n) is 7.57. The molecule has 122 valence electrons. The number of hydrogen-bond donors (Lipinski definition) is 1. The first-order chi connectivity index (χ1) is 10.2. The lowest BCUT2D eigenvalue weighted by Gasteiger charge is -2.34. The molecular weight excluding hydrogens is 278 g/mol. The van der Waals surface area contributed by atoms with Crippen molar-refractivity contribution in [2.24, 2.45) is 0 Å². The van der Waals surface area contributed by atoms with E-state index in [9.17, 15) is 9.90 Å². The Morgan fingerprint density at radius 2 is 1.95 bits per heavy atom. The third kappa shape index (κ3) is 5.90. The summed E-state index contributed by atoms with van der Waals surface area (Å²) in [6.07, 6.45) is 0.979. The Hall–Kier alpha value is -1.81. The summed E-state index contributed by atoms with van der Waals surface area (Å²) in [5.74, 6) is 0. The molecule has 1 aromatic rings. The molecule has 0 aliphatic rings. The van der Waals surface area contributed by atoms with Gasteiger partial charge >= 0.3 is 6.09 Å². The molecule has 0 spiro atoms. The highest BCUT2D eigenvalue weighted by Gasteiger charge is 2.29. The van der Waals surface area contributed by atoms with Crippen molar-refractivity contribution in [3.63, 3.8) is 0 Å². The van der Waals surface area contributed by atoms with Crippen LogP contribution in [0.4, 0.5) is 4.79 Å². The summed E-state index contributed by atoms with van der Waals surface area (Å²) in [5.41, 5.74) is 0.417. The van der Waals surface area contributed by atoms with Gasteiger partial charge in [-0.3, -0.25) is 4.90 Å². The van der Waals surface area contributed by atoms with E-state index in [1.807, 2.05) is 58.0 Å². The average molecular weight is 305 g/mol. The summed E-state index contributed by atoms with van der Waals surface area (Å²) >= 11 is 0. The second-order valence-corrected chi connectivity index (χ2v) is 6.43. The fraction of sp³-hybridized carbons (Fsp3) is 0.500. The van der Waals surface area contributed by atoms with Crippen LogP contribution < -0.4 is 0 Å². The smallest absolute Gasteiger partial charge is 0.410 e. The van der Waals surface area contributed by atoms with Crippen molar-refractivity contribution in [1.29, 1.82) is 0 Å². The quantitative estimate of drug-likeness (QED) is 0.814. The van der Waals surface area contributed by atoms with Crippen LogP contribution in [0.15, 0.2) is 43.0 Å². The predicted molar refractivity (Wildman–Crippen MR) is 88.5 cm³/mol. The molecule has 1 rings (SSSR count). The maximum absolute atomic E-state index is 12.5. The van der Waals surface area contributed by atoms with E-state index in [4.69, 9.17) is 4.74 Å². The summed E-state index contributed by atoms with van der Waals surface area (Å²) in [6.45, 7) is 11.3. The number of benzene rings is 1. The van der Waals surface area contributed by atoms with Crippen molar-refractivity contribution in [3.05, 3.63) is 48.6 Å². The summed E-state index contributed by atoms with van der Waals surface area (Å²) in [6, 6.07) is 9.31. The molecule has 0 saturated carbocycles. The highest BCUT2D eigenvalue weighted by atomic mass is 16.6. The van der Waals surface area contributed by atoms with Crippen molar-refractivity contribution in [1.82, 2.24) is 4.90 Å². The van der Waals surface area contributed by atoms with Crippen LogP contribution in [0.1, 0.15) is 39.7 Å². The molecule has 0 fully saturated rings. The van der Waals surface area contributed by atoms with E-state index in [0.717, 1.165) is 5.56 Å². The van der Waals surface area contributed by atoms with Gasteiger partial charge in [0.15, 0.2) is 0 Å². The van der Waals surface area contributed by atoms with Crippen molar-refractivity contribution in [2.75, 3.05) is 0 Å². The van der Waals surface area contributed by atoms with Crippen LogP contribution in [0, 0.1) is 0 Å². The van der Waals surface area contributed by atoms with Crippen molar-refractivity contribution in [2.45, 2.75) is 58.4 Å². The monoisotopic (exact) mass is 305 g/mol. The molecule has 0 aliphatic heterocycles. The van der Waals surface area contributed by atoms with Gasteiger partial charge in [0.2, 0.25) is 0 Å². The summed E-state index contributed by atoms with van der Waals surface area (Å²) < 4.78 is 5.47. The highest BCUT2D eigenvalue weighted by molar-refractivity contribution is 5.68. The number of aliphatic hydroxyl groups excluding tert-OH is 1. The van der Waals surface area contributed by atoms with E-state index >= 15 is 0 Å². The van der Waals surface area contributed by atoms with Crippen LogP contribution in [0.3, 0.4) is 0 Å². The minimum Gasteiger partial charge on any atom is -0.444 e. The Kier molecular flexibility index (Phi) is 6.62. The number of aliphatic hydroxyl groups is 1. The molecule has 1 N–H and O–H groups in total. The van der Waals surface area contributed by atoms with Gasteiger partial charge in [-0.15, -0.1) is 6.58 Å². The fourth-order valence-corrected chi connectivity index (χ4v) is 2.05.